The summed E-state index contributed by atoms with van der Waals surface area (Å²) < 4.78 is 66.0. The standard InChI is InChI=1S/C9H7NO6S2.2K/c11-17(12,13)8-1-2-9(18(14,15)16)7-5-10-4-3-6(7)8;;/h1-5H,(H,11,12,13)(H,14,15,16);;/q;2*+1/p-2. The molecule has 0 N–H and O–H groups in total. The Morgan fingerprint density at radius 1 is 0.800 bits per heavy atom. The summed E-state index contributed by atoms with van der Waals surface area (Å²) in [7, 11) is -9.54. The van der Waals surface area contributed by atoms with E-state index in [4.69, 9.17) is 0 Å². The molecule has 0 aliphatic carbocycles. The second-order valence-corrected chi connectivity index (χ2v) is 6.09. The number of hydrogen-bond acceptors (Lipinski definition) is 7. The number of benzene rings is 1. The summed E-state index contributed by atoms with van der Waals surface area (Å²) in [6, 6.07) is 2.75. The van der Waals surface area contributed by atoms with Gasteiger partial charge in [0, 0.05) is 23.2 Å². The molecular formula is C9H5K2NO6S2. The van der Waals surface area contributed by atoms with Crippen LogP contribution < -0.4 is 103 Å². The van der Waals surface area contributed by atoms with Crippen LogP contribution in [0.1, 0.15) is 0 Å². The van der Waals surface area contributed by atoms with Gasteiger partial charge in [0.25, 0.3) is 0 Å². The third-order valence-electron chi connectivity index (χ3n) is 2.28. The molecule has 2 aromatic rings. The fourth-order valence-corrected chi connectivity index (χ4v) is 2.92. The minimum absolute atomic E-state index is 0. The van der Waals surface area contributed by atoms with E-state index in [9.17, 15) is 25.9 Å². The average Bonchev–Trinajstić information content (AvgIpc) is 2.24. The van der Waals surface area contributed by atoms with Crippen LogP contribution in [0, 0.1) is 0 Å². The first-order valence-corrected chi connectivity index (χ1v) is 7.31. The SMILES string of the molecule is O=S(=O)([O-])c1ccc(S(=O)(=O)[O-])c2cnccc12.[K+].[K+]. The number of nitrogens with zero attached hydrogens (tertiary/aromatic N) is 1. The first-order chi connectivity index (χ1) is 8.21. The Morgan fingerprint density at radius 3 is 1.70 bits per heavy atom. The Morgan fingerprint density at radius 2 is 1.25 bits per heavy atom. The minimum atomic E-state index is -4.78. The molecule has 0 bridgehead atoms. The van der Waals surface area contributed by atoms with Gasteiger partial charge in [0.05, 0.1) is 9.79 Å². The van der Waals surface area contributed by atoms with Gasteiger partial charge < -0.3 is 9.11 Å². The maximum atomic E-state index is 11.0. The van der Waals surface area contributed by atoms with E-state index in [-0.39, 0.29) is 114 Å². The van der Waals surface area contributed by atoms with E-state index >= 15 is 0 Å². The van der Waals surface area contributed by atoms with Gasteiger partial charge >= 0.3 is 103 Å². The molecule has 0 saturated carbocycles. The second kappa shape index (κ2) is 8.01. The molecule has 0 atom stereocenters. The van der Waals surface area contributed by atoms with E-state index in [2.05, 4.69) is 4.98 Å². The summed E-state index contributed by atoms with van der Waals surface area (Å²) in [5, 5.41) is -0.332. The van der Waals surface area contributed by atoms with Gasteiger partial charge in [-0.05, 0) is 18.2 Å². The molecule has 0 radical (unpaired) electrons. The number of aromatic nitrogens is 1. The van der Waals surface area contributed by atoms with Crippen molar-refractivity contribution in [2.24, 2.45) is 0 Å². The van der Waals surface area contributed by atoms with Crippen molar-refractivity contribution in [1.82, 2.24) is 4.98 Å². The molecular weight excluding hydrogens is 360 g/mol. The third kappa shape index (κ3) is 4.86. The zero-order valence-corrected chi connectivity index (χ0v) is 18.5. The first kappa shape index (κ1) is 21.7. The molecule has 1 aromatic carbocycles. The van der Waals surface area contributed by atoms with Crippen molar-refractivity contribution in [2.75, 3.05) is 0 Å². The molecule has 1 aromatic heterocycles. The Hall–Kier alpha value is 1.72. The maximum Gasteiger partial charge on any atom is 1.00 e. The van der Waals surface area contributed by atoms with Crippen LogP contribution >= 0.6 is 0 Å². The van der Waals surface area contributed by atoms with Crippen LogP contribution in [-0.4, -0.2) is 30.9 Å². The molecule has 20 heavy (non-hydrogen) atoms. The van der Waals surface area contributed by atoms with Crippen molar-refractivity contribution in [3.8, 4) is 0 Å². The molecule has 96 valence electrons. The van der Waals surface area contributed by atoms with Gasteiger partial charge in [-0.3, -0.25) is 4.98 Å². The fraction of sp³-hybridized carbons (Fsp3) is 0. The number of hydrogen-bond donors (Lipinski definition) is 0. The molecule has 0 aliphatic heterocycles. The van der Waals surface area contributed by atoms with Crippen LogP contribution in [0.25, 0.3) is 10.8 Å². The van der Waals surface area contributed by atoms with E-state index < -0.39 is 30.0 Å². The van der Waals surface area contributed by atoms with E-state index in [1.54, 1.807) is 0 Å². The second-order valence-electron chi connectivity index (χ2n) is 3.39. The van der Waals surface area contributed by atoms with Gasteiger partial charge in [-0.2, -0.15) is 0 Å². The van der Waals surface area contributed by atoms with E-state index in [0.717, 1.165) is 24.4 Å². The third-order valence-corrected chi connectivity index (χ3v) is 4.07. The summed E-state index contributed by atoms with van der Waals surface area (Å²) >= 11 is 0. The van der Waals surface area contributed by atoms with Gasteiger partial charge in [-0.25, -0.2) is 16.8 Å². The quantitative estimate of drug-likeness (QED) is 0.383. The number of fused-ring (bicyclic) bond motifs is 1. The van der Waals surface area contributed by atoms with Crippen LogP contribution in [0.3, 0.4) is 0 Å². The van der Waals surface area contributed by atoms with Crippen molar-refractivity contribution in [2.45, 2.75) is 9.79 Å². The maximum absolute atomic E-state index is 11.0. The Balaban J connectivity index is 0.00000180. The fourth-order valence-electron chi connectivity index (χ4n) is 1.57. The molecule has 0 aliphatic rings. The predicted octanol–water partition coefficient (Wildman–Crippen LogP) is -5.95. The average molecular weight is 365 g/mol. The van der Waals surface area contributed by atoms with Crippen LogP contribution in [0.15, 0.2) is 40.4 Å². The van der Waals surface area contributed by atoms with E-state index in [0.29, 0.717) is 0 Å². The molecule has 11 heteroatoms. The van der Waals surface area contributed by atoms with Crippen LogP contribution in [-0.2, 0) is 20.2 Å². The van der Waals surface area contributed by atoms with Crippen molar-refractivity contribution in [3.05, 3.63) is 30.6 Å². The van der Waals surface area contributed by atoms with Crippen molar-refractivity contribution < 1.29 is 129 Å². The number of rotatable bonds is 2. The van der Waals surface area contributed by atoms with Gasteiger partial charge in [-0.1, -0.05) is 0 Å². The molecule has 0 amide bonds. The monoisotopic (exact) mass is 365 g/mol. The van der Waals surface area contributed by atoms with E-state index in [1.807, 2.05) is 0 Å². The zero-order chi connectivity index (χ0) is 13.6. The molecule has 2 rings (SSSR count). The summed E-state index contributed by atoms with van der Waals surface area (Å²) in [4.78, 5) is 2.41. The zero-order valence-electron chi connectivity index (χ0n) is 10.6. The van der Waals surface area contributed by atoms with Gasteiger partial charge in [0.2, 0.25) is 0 Å². The largest absolute Gasteiger partial charge is 1.00 e. The smallest absolute Gasteiger partial charge is 0.744 e. The Kier molecular flexibility index (Phi) is 8.70. The summed E-state index contributed by atoms with van der Waals surface area (Å²) in [5.74, 6) is 0. The van der Waals surface area contributed by atoms with E-state index in [1.165, 1.54) is 6.20 Å². The summed E-state index contributed by atoms with van der Waals surface area (Å²) in [5.41, 5.74) is 0. The minimum Gasteiger partial charge on any atom is -0.744 e. The van der Waals surface area contributed by atoms with Crippen molar-refractivity contribution >= 4 is 31.0 Å². The van der Waals surface area contributed by atoms with Crippen LogP contribution in [0.4, 0.5) is 0 Å². The van der Waals surface area contributed by atoms with Gasteiger partial charge in [0.15, 0.2) is 0 Å². The van der Waals surface area contributed by atoms with Gasteiger partial charge in [0.1, 0.15) is 20.2 Å². The summed E-state index contributed by atoms with van der Waals surface area (Å²) in [6.07, 6.45) is 2.22. The normalized spacial score (nSPS) is 11.5. The van der Waals surface area contributed by atoms with Crippen LogP contribution in [0.2, 0.25) is 0 Å². The molecule has 0 spiro atoms. The Bertz CT molecular complexity index is 764. The molecule has 7 nitrogen and oxygen atoms in total. The van der Waals surface area contributed by atoms with Gasteiger partial charge in [-0.15, -0.1) is 0 Å². The Labute approximate surface area is 200 Å². The summed E-state index contributed by atoms with van der Waals surface area (Å²) in [6.45, 7) is 0. The number of pyridine rings is 1. The van der Waals surface area contributed by atoms with Crippen LogP contribution in [0.5, 0.6) is 0 Å². The molecule has 0 saturated heterocycles. The molecule has 1 heterocycles. The molecule has 0 unspecified atom stereocenters. The topological polar surface area (TPSA) is 127 Å². The van der Waals surface area contributed by atoms with Crippen molar-refractivity contribution in [3.63, 3.8) is 0 Å². The first-order valence-electron chi connectivity index (χ1n) is 4.50. The molecule has 0 fully saturated rings. The predicted molar refractivity (Wildman–Crippen MR) is 57.7 cm³/mol. The van der Waals surface area contributed by atoms with Crippen molar-refractivity contribution in [1.29, 1.82) is 0 Å².